The minimum atomic E-state index is -1.95. The fraction of sp³-hybridized carbons (Fsp3) is 0.778. The Kier molecular flexibility index (Phi) is 17.2. The molecule has 0 aromatic carbocycles. The summed E-state index contributed by atoms with van der Waals surface area (Å²) in [6.07, 6.45) is 24.3. The van der Waals surface area contributed by atoms with Crippen LogP contribution in [0.15, 0.2) is 24.3 Å². The van der Waals surface area contributed by atoms with Crippen molar-refractivity contribution in [3.63, 3.8) is 0 Å². The van der Waals surface area contributed by atoms with Gasteiger partial charge in [0, 0.05) is 12.4 Å². The SMILES string of the molecule is CCCCCCCCCCCCCCCC=CC=CC(=O)C(O)(CC(=O)[O-])C[N+](C)(C)C. The second-order valence-electron chi connectivity index (χ2n) is 10.2. The Hall–Kier alpha value is -1.46. The van der Waals surface area contributed by atoms with Crippen LogP contribution in [-0.2, 0) is 9.59 Å². The van der Waals surface area contributed by atoms with Gasteiger partial charge in [-0.15, -0.1) is 0 Å². The highest BCUT2D eigenvalue weighted by atomic mass is 16.4. The molecule has 0 rings (SSSR count). The number of carbonyl (C=O) groups is 2. The first-order valence-electron chi connectivity index (χ1n) is 12.7. The molecule has 1 atom stereocenters. The predicted molar refractivity (Wildman–Crippen MR) is 131 cm³/mol. The van der Waals surface area contributed by atoms with E-state index in [-0.39, 0.29) is 11.0 Å². The molecule has 32 heavy (non-hydrogen) atoms. The van der Waals surface area contributed by atoms with Crippen LogP contribution in [0, 0.1) is 0 Å². The molecule has 1 unspecified atom stereocenters. The van der Waals surface area contributed by atoms with Crippen LogP contribution in [0.3, 0.4) is 0 Å². The molecule has 0 amide bonds. The van der Waals surface area contributed by atoms with Crippen LogP contribution >= 0.6 is 0 Å². The van der Waals surface area contributed by atoms with E-state index >= 15 is 0 Å². The molecular weight excluding hydrogens is 402 g/mol. The summed E-state index contributed by atoms with van der Waals surface area (Å²) in [5.41, 5.74) is -1.95. The van der Waals surface area contributed by atoms with Crippen LogP contribution in [0.5, 0.6) is 0 Å². The maximum absolute atomic E-state index is 12.4. The number of allylic oxidation sites excluding steroid dienone is 3. The van der Waals surface area contributed by atoms with Gasteiger partial charge in [-0.2, -0.15) is 0 Å². The number of aliphatic carboxylic acids is 1. The van der Waals surface area contributed by atoms with E-state index in [1.165, 1.54) is 83.1 Å². The van der Waals surface area contributed by atoms with E-state index in [4.69, 9.17) is 0 Å². The first kappa shape index (κ1) is 30.5. The third kappa shape index (κ3) is 18.1. The van der Waals surface area contributed by atoms with Gasteiger partial charge in [-0.1, -0.05) is 102 Å². The molecule has 0 aromatic rings. The molecule has 0 aliphatic rings. The fourth-order valence-corrected chi connectivity index (χ4v) is 4.00. The summed E-state index contributed by atoms with van der Waals surface area (Å²) in [6, 6.07) is 0. The van der Waals surface area contributed by atoms with E-state index in [0.29, 0.717) is 0 Å². The number of quaternary nitrogens is 1. The van der Waals surface area contributed by atoms with E-state index in [0.717, 1.165) is 12.8 Å². The van der Waals surface area contributed by atoms with Gasteiger partial charge in [0.15, 0.2) is 11.4 Å². The highest BCUT2D eigenvalue weighted by Gasteiger charge is 2.39. The number of ketones is 1. The van der Waals surface area contributed by atoms with Crippen LogP contribution < -0.4 is 5.11 Å². The maximum Gasteiger partial charge on any atom is 0.193 e. The van der Waals surface area contributed by atoms with Gasteiger partial charge in [0.25, 0.3) is 0 Å². The summed E-state index contributed by atoms with van der Waals surface area (Å²) in [7, 11) is 5.40. The Balaban J connectivity index is 3.90. The zero-order valence-electron chi connectivity index (χ0n) is 21.2. The third-order valence-electron chi connectivity index (χ3n) is 5.60. The quantitative estimate of drug-likeness (QED) is 0.118. The lowest BCUT2D eigenvalue weighted by Crippen LogP contribution is -2.55. The summed E-state index contributed by atoms with van der Waals surface area (Å²) in [5.74, 6) is -2.03. The first-order valence-corrected chi connectivity index (χ1v) is 12.7. The standard InChI is InChI=1S/C27H49NO4/c1-5-6-7-8-9-10-11-12-13-14-15-16-17-18-19-20-21-22-25(29)27(32,23-26(30)31)24-28(2,3)4/h19-22,32H,5-18,23-24H2,1-4H3. The van der Waals surface area contributed by atoms with E-state index in [1.807, 2.05) is 6.08 Å². The summed E-state index contributed by atoms with van der Waals surface area (Å²) in [4.78, 5) is 23.3. The number of likely N-dealkylation sites (N-methyl/N-ethyl adjacent to an activating group) is 1. The molecule has 1 N–H and O–H groups in total. The molecule has 0 aliphatic heterocycles. The number of rotatable bonds is 21. The molecule has 0 fully saturated rings. The molecular formula is C27H49NO4. The van der Waals surface area contributed by atoms with Crippen LogP contribution in [0.25, 0.3) is 0 Å². The lowest BCUT2D eigenvalue weighted by molar-refractivity contribution is -0.875. The molecule has 0 bridgehead atoms. The summed E-state index contributed by atoms with van der Waals surface area (Å²) in [5, 5.41) is 21.5. The van der Waals surface area contributed by atoms with Crippen molar-refractivity contribution < 1.29 is 24.3 Å². The molecule has 5 heteroatoms. The highest BCUT2D eigenvalue weighted by Crippen LogP contribution is 2.17. The summed E-state index contributed by atoms with van der Waals surface area (Å²) < 4.78 is 0.276. The molecule has 0 heterocycles. The van der Waals surface area contributed by atoms with E-state index in [2.05, 4.69) is 6.92 Å². The predicted octanol–water partition coefficient (Wildman–Crippen LogP) is 4.73. The zero-order valence-corrected chi connectivity index (χ0v) is 21.2. The number of nitrogens with zero attached hydrogens (tertiary/aromatic N) is 1. The molecule has 0 radical (unpaired) electrons. The van der Waals surface area contributed by atoms with Crippen LogP contribution in [0.1, 0.15) is 103 Å². The Morgan fingerprint density at radius 2 is 1.28 bits per heavy atom. The normalized spacial score (nSPS) is 14.3. The number of carboxylic acids is 1. The van der Waals surface area contributed by atoms with Gasteiger partial charge in [0.05, 0.1) is 21.1 Å². The van der Waals surface area contributed by atoms with Crippen molar-refractivity contribution in [3.05, 3.63) is 24.3 Å². The number of unbranched alkanes of at least 4 members (excludes halogenated alkanes) is 13. The molecule has 0 aliphatic carbocycles. The number of hydrogen-bond acceptors (Lipinski definition) is 4. The average Bonchev–Trinajstić information content (AvgIpc) is 2.68. The molecule has 0 aromatic heterocycles. The Morgan fingerprint density at radius 3 is 1.72 bits per heavy atom. The Bertz CT molecular complexity index is 562. The number of aliphatic hydroxyl groups is 1. The van der Waals surface area contributed by atoms with Crippen LogP contribution in [0.2, 0.25) is 0 Å². The van der Waals surface area contributed by atoms with Gasteiger partial charge in [0.2, 0.25) is 0 Å². The molecule has 0 saturated heterocycles. The monoisotopic (exact) mass is 451 g/mol. The molecule has 0 saturated carbocycles. The van der Waals surface area contributed by atoms with Crippen molar-refractivity contribution in [1.29, 1.82) is 0 Å². The molecule has 5 nitrogen and oxygen atoms in total. The smallest absolute Gasteiger partial charge is 0.193 e. The summed E-state index contributed by atoms with van der Waals surface area (Å²) >= 11 is 0. The van der Waals surface area contributed by atoms with Gasteiger partial charge in [-0.3, -0.25) is 4.79 Å². The van der Waals surface area contributed by atoms with Crippen molar-refractivity contribution in [2.45, 2.75) is 109 Å². The van der Waals surface area contributed by atoms with Crippen molar-refractivity contribution in [1.82, 2.24) is 0 Å². The highest BCUT2D eigenvalue weighted by molar-refractivity contribution is 5.99. The molecule has 0 spiro atoms. The van der Waals surface area contributed by atoms with Crippen molar-refractivity contribution in [3.8, 4) is 0 Å². The van der Waals surface area contributed by atoms with Crippen molar-refractivity contribution in [2.24, 2.45) is 0 Å². The van der Waals surface area contributed by atoms with Crippen LogP contribution in [0.4, 0.5) is 0 Å². The lowest BCUT2D eigenvalue weighted by Gasteiger charge is -2.34. The van der Waals surface area contributed by atoms with Gasteiger partial charge >= 0.3 is 0 Å². The topological polar surface area (TPSA) is 77.4 Å². The van der Waals surface area contributed by atoms with Crippen molar-refractivity contribution >= 4 is 11.8 Å². The summed E-state index contributed by atoms with van der Waals surface area (Å²) in [6.45, 7) is 2.27. The Morgan fingerprint density at radius 1 is 0.812 bits per heavy atom. The number of hydrogen-bond donors (Lipinski definition) is 1. The lowest BCUT2D eigenvalue weighted by atomic mass is 9.92. The number of carboxylic acid groups (broad SMARTS) is 1. The second-order valence-corrected chi connectivity index (χ2v) is 10.2. The average molecular weight is 452 g/mol. The largest absolute Gasteiger partial charge is 0.550 e. The minimum absolute atomic E-state index is 0.00677. The van der Waals surface area contributed by atoms with Gasteiger partial charge in [0.1, 0.15) is 6.54 Å². The first-order chi connectivity index (χ1) is 15.1. The van der Waals surface area contributed by atoms with E-state index in [1.54, 1.807) is 33.3 Å². The molecule has 186 valence electrons. The maximum atomic E-state index is 12.4. The van der Waals surface area contributed by atoms with Crippen molar-refractivity contribution in [2.75, 3.05) is 27.7 Å². The number of carbonyl (C=O) groups excluding carboxylic acids is 2. The van der Waals surface area contributed by atoms with Crippen LogP contribution in [-0.4, -0.2) is 54.6 Å². The fourth-order valence-electron chi connectivity index (χ4n) is 4.00. The zero-order chi connectivity index (χ0) is 24.3. The second kappa shape index (κ2) is 18.0. The van der Waals surface area contributed by atoms with E-state index in [9.17, 15) is 19.8 Å². The van der Waals surface area contributed by atoms with Gasteiger partial charge < -0.3 is 19.5 Å². The Labute approximate surface area is 197 Å². The van der Waals surface area contributed by atoms with E-state index < -0.39 is 23.8 Å². The van der Waals surface area contributed by atoms with Gasteiger partial charge in [-0.05, 0) is 18.9 Å². The van der Waals surface area contributed by atoms with Gasteiger partial charge in [-0.25, -0.2) is 0 Å². The third-order valence-corrected chi connectivity index (χ3v) is 5.60. The minimum Gasteiger partial charge on any atom is -0.550 e.